The normalized spacial score (nSPS) is 19.8. The summed E-state index contributed by atoms with van der Waals surface area (Å²) < 4.78 is 5.95. The number of nitrogens with one attached hydrogen (secondary N) is 2. The van der Waals surface area contributed by atoms with Gasteiger partial charge in [0.1, 0.15) is 5.69 Å². The first kappa shape index (κ1) is 16.7. The second kappa shape index (κ2) is 8.13. The minimum atomic E-state index is -0.0735. The van der Waals surface area contributed by atoms with Crippen molar-refractivity contribution in [3.05, 3.63) is 59.9 Å². The van der Waals surface area contributed by atoms with Gasteiger partial charge in [-0.2, -0.15) is 0 Å². The highest BCUT2D eigenvalue weighted by Gasteiger charge is 2.28. The Labute approximate surface area is 143 Å². The van der Waals surface area contributed by atoms with Gasteiger partial charge in [-0.1, -0.05) is 37.3 Å². The Kier molecular flexibility index (Phi) is 5.67. The summed E-state index contributed by atoms with van der Waals surface area (Å²) in [5.74, 6) is -0.0735. The number of amides is 1. The van der Waals surface area contributed by atoms with Crippen LogP contribution in [-0.2, 0) is 11.3 Å². The van der Waals surface area contributed by atoms with Gasteiger partial charge < -0.3 is 15.0 Å². The summed E-state index contributed by atoms with van der Waals surface area (Å²) in [6.45, 7) is 5.46. The second-order valence-electron chi connectivity index (χ2n) is 6.20. The molecule has 0 aliphatic carbocycles. The Morgan fingerprint density at radius 3 is 2.88 bits per heavy atom. The number of ether oxygens (including phenoxy) is 1. The molecule has 2 aromatic rings. The number of carbonyl (C=O) groups is 1. The molecule has 2 atom stereocenters. The van der Waals surface area contributed by atoms with Gasteiger partial charge in [0.25, 0.3) is 5.91 Å². The molecule has 1 fully saturated rings. The van der Waals surface area contributed by atoms with Crippen LogP contribution in [0.25, 0.3) is 0 Å². The van der Waals surface area contributed by atoms with Gasteiger partial charge in [0.2, 0.25) is 0 Å². The Morgan fingerprint density at radius 1 is 1.33 bits per heavy atom. The number of carbonyl (C=O) groups excluding carboxylic acids is 1. The summed E-state index contributed by atoms with van der Waals surface area (Å²) >= 11 is 0. The zero-order chi connectivity index (χ0) is 16.8. The zero-order valence-corrected chi connectivity index (χ0v) is 14.1. The van der Waals surface area contributed by atoms with Gasteiger partial charge in [-0.15, -0.1) is 0 Å². The minimum Gasteiger partial charge on any atom is -0.373 e. The van der Waals surface area contributed by atoms with Crippen LogP contribution in [0.5, 0.6) is 0 Å². The monoisotopic (exact) mass is 327 g/mol. The largest absolute Gasteiger partial charge is 0.373 e. The fourth-order valence-electron chi connectivity index (χ4n) is 3.14. The maximum Gasteiger partial charge on any atom is 0.267 e. The molecule has 5 nitrogen and oxygen atoms in total. The van der Waals surface area contributed by atoms with Crippen LogP contribution in [0.3, 0.4) is 0 Å². The lowest BCUT2D eigenvalue weighted by molar-refractivity contribution is -0.0483. The molecule has 1 aliphatic rings. The molecule has 2 heterocycles. The molecule has 3 rings (SSSR count). The van der Waals surface area contributed by atoms with Gasteiger partial charge in [0.15, 0.2) is 0 Å². The highest BCUT2D eigenvalue weighted by Crippen LogP contribution is 2.15. The molecule has 1 aromatic carbocycles. The van der Waals surface area contributed by atoms with Gasteiger partial charge in [-0.25, -0.2) is 0 Å². The van der Waals surface area contributed by atoms with Crippen LogP contribution >= 0.6 is 0 Å². The molecule has 1 amide bonds. The van der Waals surface area contributed by atoms with Crippen LogP contribution in [0, 0.1) is 0 Å². The van der Waals surface area contributed by atoms with E-state index in [1.165, 1.54) is 5.56 Å². The zero-order valence-electron chi connectivity index (χ0n) is 14.1. The van der Waals surface area contributed by atoms with Crippen molar-refractivity contribution in [2.24, 2.45) is 0 Å². The molecule has 1 aromatic heterocycles. The molecule has 0 bridgehead atoms. The fraction of sp³-hybridized carbons (Fsp3) is 0.421. The van der Waals surface area contributed by atoms with E-state index in [0.717, 1.165) is 26.1 Å². The molecule has 1 aliphatic heterocycles. The van der Waals surface area contributed by atoms with Gasteiger partial charge in [0, 0.05) is 25.8 Å². The van der Waals surface area contributed by atoms with E-state index in [1.54, 1.807) is 12.3 Å². The highest BCUT2D eigenvalue weighted by atomic mass is 16.5. The van der Waals surface area contributed by atoms with Crippen LogP contribution in [0.4, 0.5) is 0 Å². The number of H-pyrrole nitrogens is 1. The maximum absolute atomic E-state index is 12.3. The Hall–Kier alpha value is -2.11. The maximum atomic E-state index is 12.3. The molecule has 1 saturated heterocycles. The summed E-state index contributed by atoms with van der Waals surface area (Å²) in [5, 5.41) is 3.10. The van der Waals surface area contributed by atoms with Crippen molar-refractivity contribution in [2.45, 2.75) is 32.0 Å². The summed E-state index contributed by atoms with van der Waals surface area (Å²) in [5.41, 5.74) is 1.90. The predicted molar refractivity (Wildman–Crippen MR) is 93.8 cm³/mol. The molecule has 0 saturated carbocycles. The molecule has 2 N–H and O–H groups in total. The van der Waals surface area contributed by atoms with Gasteiger partial charge >= 0.3 is 0 Å². The lowest BCUT2D eigenvalue weighted by Crippen LogP contribution is -2.53. The third-order valence-electron chi connectivity index (χ3n) is 4.47. The van der Waals surface area contributed by atoms with E-state index in [-0.39, 0.29) is 18.1 Å². The molecule has 128 valence electrons. The summed E-state index contributed by atoms with van der Waals surface area (Å²) in [7, 11) is 0. The van der Waals surface area contributed by atoms with Crippen molar-refractivity contribution >= 4 is 5.91 Å². The molecule has 2 unspecified atom stereocenters. The molecule has 0 spiro atoms. The van der Waals surface area contributed by atoms with Crippen LogP contribution in [0.1, 0.15) is 29.4 Å². The lowest BCUT2D eigenvalue weighted by atomic mass is 10.1. The van der Waals surface area contributed by atoms with Crippen molar-refractivity contribution < 1.29 is 9.53 Å². The van der Waals surface area contributed by atoms with Crippen LogP contribution in [0.2, 0.25) is 0 Å². The first-order chi connectivity index (χ1) is 11.8. The van der Waals surface area contributed by atoms with Gasteiger partial charge in [0.05, 0.1) is 18.8 Å². The fourth-order valence-corrected chi connectivity index (χ4v) is 3.14. The van der Waals surface area contributed by atoms with E-state index in [1.807, 2.05) is 12.1 Å². The molecular weight excluding hydrogens is 302 g/mol. The number of aromatic nitrogens is 1. The Bertz CT molecular complexity index is 627. The molecule has 24 heavy (non-hydrogen) atoms. The highest BCUT2D eigenvalue weighted by molar-refractivity contribution is 5.92. The topological polar surface area (TPSA) is 57.4 Å². The smallest absolute Gasteiger partial charge is 0.267 e. The minimum absolute atomic E-state index is 0.0133. The SMILES string of the molecule is CCC(NC(=O)c1ccc[nH]1)C1CN(Cc2ccccc2)CCO1. The molecule has 5 heteroatoms. The Balaban J connectivity index is 1.58. The molecular formula is C19H25N3O2. The van der Waals surface area contributed by atoms with Crippen LogP contribution in [-0.4, -0.2) is 47.6 Å². The summed E-state index contributed by atoms with van der Waals surface area (Å²) in [6.07, 6.45) is 2.62. The summed E-state index contributed by atoms with van der Waals surface area (Å²) in [6, 6.07) is 14.1. The van der Waals surface area contributed by atoms with E-state index in [0.29, 0.717) is 12.3 Å². The standard InChI is InChI=1S/C19H25N3O2/c1-2-16(21-19(23)17-9-6-10-20-17)18-14-22(11-12-24-18)13-15-7-4-3-5-8-15/h3-10,16,18,20H,2,11-14H2,1H3,(H,21,23). The lowest BCUT2D eigenvalue weighted by Gasteiger charge is -2.37. The first-order valence-electron chi connectivity index (χ1n) is 8.58. The van der Waals surface area contributed by atoms with E-state index >= 15 is 0 Å². The average Bonchev–Trinajstić information content (AvgIpc) is 3.15. The van der Waals surface area contributed by atoms with Crippen LogP contribution < -0.4 is 5.32 Å². The number of rotatable bonds is 6. The first-order valence-corrected chi connectivity index (χ1v) is 8.58. The number of benzene rings is 1. The summed E-state index contributed by atoms with van der Waals surface area (Å²) in [4.78, 5) is 17.6. The third-order valence-corrected chi connectivity index (χ3v) is 4.47. The number of hydrogen-bond donors (Lipinski definition) is 2. The Morgan fingerprint density at radius 2 is 2.17 bits per heavy atom. The second-order valence-corrected chi connectivity index (χ2v) is 6.20. The van der Waals surface area contributed by atoms with Crippen molar-refractivity contribution in [3.8, 4) is 0 Å². The number of nitrogens with zero attached hydrogens (tertiary/aromatic N) is 1. The number of morpholine rings is 1. The van der Waals surface area contributed by atoms with Gasteiger partial charge in [-0.05, 0) is 24.1 Å². The van der Waals surface area contributed by atoms with E-state index in [2.05, 4.69) is 46.4 Å². The van der Waals surface area contributed by atoms with E-state index in [4.69, 9.17) is 4.74 Å². The average molecular weight is 327 g/mol. The quantitative estimate of drug-likeness (QED) is 0.857. The number of aromatic amines is 1. The van der Waals surface area contributed by atoms with Crippen molar-refractivity contribution in [2.75, 3.05) is 19.7 Å². The molecule has 0 radical (unpaired) electrons. The van der Waals surface area contributed by atoms with Crippen LogP contribution in [0.15, 0.2) is 48.7 Å². The predicted octanol–water partition coefficient (Wildman–Crippen LogP) is 2.42. The van der Waals surface area contributed by atoms with Crippen molar-refractivity contribution in [3.63, 3.8) is 0 Å². The third kappa shape index (κ3) is 4.24. The van der Waals surface area contributed by atoms with Crippen molar-refractivity contribution in [1.29, 1.82) is 0 Å². The van der Waals surface area contributed by atoms with Crippen molar-refractivity contribution in [1.82, 2.24) is 15.2 Å². The van der Waals surface area contributed by atoms with Gasteiger partial charge in [-0.3, -0.25) is 9.69 Å². The number of hydrogen-bond acceptors (Lipinski definition) is 3. The van der Waals surface area contributed by atoms with E-state index < -0.39 is 0 Å². The van der Waals surface area contributed by atoms with E-state index in [9.17, 15) is 4.79 Å².